The van der Waals surface area contributed by atoms with Gasteiger partial charge in [-0.3, -0.25) is 9.78 Å². The van der Waals surface area contributed by atoms with Gasteiger partial charge in [-0.1, -0.05) is 18.2 Å². The standard InChI is InChI=1S/C15H14N2O3/c1-10(13-8-4-5-9-16-13)17-14(18)11-6-2-3-7-12(11)15(19)20/h2-10H,1H3,(H,17,18)(H,19,20)/t10-/m0/s1. The van der Waals surface area contributed by atoms with Gasteiger partial charge in [-0.25, -0.2) is 4.79 Å². The van der Waals surface area contributed by atoms with E-state index in [1.807, 2.05) is 6.07 Å². The summed E-state index contributed by atoms with van der Waals surface area (Å²) in [5, 5.41) is 11.8. The van der Waals surface area contributed by atoms with Crippen LogP contribution < -0.4 is 5.32 Å². The summed E-state index contributed by atoms with van der Waals surface area (Å²) in [5.41, 5.74) is 0.842. The van der Waals surface area contributed by atoms with E-state index in [9.17, 15) is 9.59 Å². The van der Waals surface area contributed by atoms with Gasteiger partial charge in [-0.2, -0.15) is 0 Å². The lowest BCUT2D eigenvalue weighted by Crippen LogP contribution is -2.28. The smallest absolute Gasteiger partial charge is 0.336 e. The Morgan fingerprint density at radius 3 is 2.35 bits per heavy atom. The first kappa shape index (κ1) is 13.7. The second-order valence-electron chi connectivity index (χ2n) is 4.30. The third-order valence-corrected chi connectivity index (χ3v) is 2.88. The number of carboxylic acid groups (broad SMARTS) is 1. The fourth-order valence-corrected chi connectivity index (χ4v) is 1.85. The highest BCUT2D eigenvalue weighted by Gasteiger charge is 2.18. The number of pyridine rings is 1. The molecular formula is C15H14N2O3. The minimum Gasteiger partial charge on any atom is -0.478 e. The van der Waals surface area contributed by atoms with E-state index in [0.29, 0.717) is 5.69 Å². The molecule has 0 spiro atoms. The van der Waals surface area contributed by atoms with Crippen LogP contribution in [-0.2, 0) is 0 Å². The van der Waals surface area contributed by atoms with Crippen LogP contribution in [0.15, 0.2) is 48.7 Å². The summed E-state index contributed by atoms with van der Waals surface area (Å²) in [6.07, 6.45) is 1.64. The lowest BCUT2D eigenvalue weighted by atomic mass is 10.1. The molecule has 1 amide bonds. The van der Waals surface area contributed by atoms with Crippen LogP contribution in [0.3, 0.4) is 0 Å². The summed E-state index contributed by atoms with van der Waals surface area (Å²) >= 11 is 0. The van der Waals surface area contributed by atoms with E-state index in [1.165, 1.54) is 12.1 Å². The highest BCUT2D eigenvalue weighted by molar-refractivity contribution is 6.04. The van der Waals surface area contributed by atoms with Crippen molar-refractivity contribution in [1.82, 2.24) is 10.3 Å². The van der Waals surface area contributed by atoms with Gasteiger partial charge in [0.05, 0.1) is 22.9 Å². The molecule has 20 heavy (non-hydrogen) atoms. The highest BCUT2D eigenvalue weighted by Crippen LogP contribution is 2.13. The number of amides is 1. The van der Waals surface area contributed by atoms with Gasteiger partial charge >= 0.3 is 5.97 Å². The van der Waals surface area contributed by atoms with Crippen LogP contribution in [0, 0.1) is 0 Å². The topological polar surface area (TPSA) is 79.3 Å². The molecule has 0 radical (unpaired) electrons. The molecule has 0 aliphatic carbocycles. The first-order valence-electron chi connectivity index (χ1n) is 6.13. The maximum atomic E-state index is 12.2. The Bertz CT molecular complexity index is 626. The zero-order valence-electron chi connectivity index (χ0n) is 10.9. The lowest BCUT2D eigenvalue weighted by molar-refractivity contribution is 0.0690. The third-order valence-electron chi connectivity index (χ3n) is 2.88. The fourth-order valence-electron chi connectivity index (χ4n) is 1.85. The molecule has 0 saturated carbocycles. The summed E-state index contributed by atoms with van der Waals surface area (Å²) in [7, 11) is 0. The molecule has 2 N–H and O–H groups in total. The Kier molecular flexibility index (Phi) is 4.10. The molecule has 1 aromatic carbocycles. The molecule has 1 aromatic heterocycles. The molecule has 102 valence electrons. The summed E-state index contributed by atoms with van der Waals surface area (Å²) in [6.45, 7) is 1.80. The van der Waals surface area contributed by atoms with Crippen molar-refractivity contribution in [1.29, 1.82) is 0 Å². The maximum Gasteiger partial charge on any atom is 0.336 e. The predicted molar refractivity (Wildman–Crippen MR) is 73.5 cm³/mol. The minimum atomic E-state index is -1.12. The van der Waals surface area contributed by atoms with Gasteiger partial charge in [0.2, 0.25) is 0 Å². The number of benzene rings is 1. The van der Waals surface area contributed by atoms with Gasteiger partial charge in [0.1, 0.15) is 0 Å². The summed E-state index contributed by atoms with van der Waals surface area (Å²) < 4.78 is 0. The first-order valence-corrected chi connectivity index (χ1v) is 6.13. The summed E-state index contributed by atoms with van der Waals surface area (Å²) in [4.78, 5) is 27.4. The number of rotatable bonds is 4. The summed E-state index contributed by atoms with van der Waals surface area (Å²) in [6, 6.07) is 11.2. The quantitative estimate of drug-likeness (QED) is 0.893. The number of carboxylic acids is 1. The molecule has 0 aliphatic heterocycles. The van der Waals surface area contributed by atoms with Gasteiger partial charge < -0.3 is 10.4 Å². The number of carbonyl (C=O) groups excluding carboxylic acids is 1. The number of nitrogens with one attached hydrogen (secondary N) is 1. The van der Waals surface area contributed by atoms with Crippen molar-refractivity contribution in [3.63, 3.8) is 0 Å². The van der Waals surface area contributed by atoms with E-state index in [1.54, 1.807) is 37.4 Å². The molecule has 0 fully saturated rings. The van der Waals surface area contributed by atoms with Crippen LogP contribution >= 0.6 is 0 Å². The molecule has 0 bridgehead atoms. The zero-order chi connectivity index (χ0) is 14.5. The Hall–Kier alpha value is -2.69. The van der Waals surface area contributed by atoms with Crippen LogP contribution in [0.2, 0.25) is 0 Å². The number of aromatic nitrogens is 1. The molecule has 2 rings (SSSR count). The molecule has 1 atom stereocenters. The van der Waals surface area contributed by atoms with Gasteiger partial charge in [-0.15, -0.1) is 0 Å². The molecule has 2 aromatic rings. The largest absolute Gasteiger partial charge is 0.478 e. The Labute approximate surface area is 116 Å². The lowest BCUT2D eigenvalue weighted by Gasteiger charge is -2.14. The van der Waals surface area contributed by atoms with Crippen LogP contribution in [-0.4, -0.2) is 22.0 Å². The number of hydrogen-bond donors (Lipinski definition) is 2. The Morgan fingerprint density at radius 1 is 1.10 bits per heavy atom. The second-order valence-corrected chi connectivity index (χ2v) is 4.30. The van der Waals surface area contributed by atoms with E-state index < -0.39 is 11.9 Å². The third kappa shape index (κ3) is 3.00. The van der Waals surface area contributed by atoms with Crippen molar-refractivity contribution in [2.24, 2.45) is 0 Å². The van der Waals surface area contributed by atoms with E-state index in [2.05, 4.69) is 10.3 Å². The molecule has 5 nitrogen and oxygen atoms in total. The number of carbonyl (C=O) groups is 2. The highest BCUT2D eigenvalue weighted by atomic mass is 16.4. The molecule has 0 unspecified atom stereocenters. The fraction of sp³-hybridized carbons (Fsp3) is 0.133. The van der Waals surface area contributed by atoms with Crippen LogP contribution in [0.4, 0.5) is 0 Å². The predicted octanol–water partition coefficient (Wildman–Crippen LogP) is 2.27. The van der Waals surface area contributed by atoms with Crippen molar-refractivity contribution in [2.75, 3.05) is 0 Å². The monoisotopic (exact) mass is 270 g/mol. The average Bonchev–Trinajstić information content (AvgIpc) is 2.48. The van der Waals surface area contributed by atoms with E-state index in [-0.39, 0.29) is 17.2 Å². The van der Waals surface area contributed by atoms with Crippen molar-refractivity contribution in [3.8, 4) is 0 Å². The van der Waals surface area contributed by atoms with Gasteiger partial charge in [-0.05, 0) is 31.2 Å². The number of nitrogens with zero attached hydrogens (tertiary/aromatic N) is 1. The van der Waals surface area contributed by atoms with Crippen LogP contribution in [0.25, 0.3) is 0 Å². The average molecular weight is 270 g/mol. The van der Waals surface area contributed by atoms with E-state index in [4.69, 9.17) is 5.11 Å². The van der Waals surface area contributed by atoms with E-state index in [0.717, 1.165) is 0 Å². The summed E-state index contributed by atoms with van der Waals surface area (Å²) in [5.74, 6) is -1.55. The second kappa shape index (κ2) is 5.97. The maximum absolute atomic E-state index is 12.2. The van der Waals surface area contributed by atoms with Crippen molar-refractivity contribution >= 4 is 11.9 Å². The van der Waals surface area contributed by atoms with Crippen LogP contribution in [0.5, 0.6) is 0 Å². The van der Waals surface area contributed by atoms with Crippen molar-refractivity contribution < 1.29 is 14.7 Å². The normalized spacial score (nSPS) is 11.7. The van der Waals surface area contributed by atoms with Crippen molar-refractivity contribution in [3.05, 3.63) is 65.5 Å². The Morgan fingerprint density at radius 2 is 1.75 bits per heavy atom. The number of aromatic carboxylic acids is 1. The molecular weight excluding hydrogens is 256 g/mol. The Balaban J connectivity index is 2.19. The molecule has 0 saturated heterocycles. The van der Waals surface area contributed by atoms with Gasteiger partial charge in [0, 0.05) is 6.20 Å². The first-order chi connectivity index (χ1) is 9.59. The SMILES string of the molecule is C[C@H](NC(=O)c1ccccc1C(=O)O)c1ccccn1. The molecule has 1 heterocycles. The number of hydrogen-bond acceptors (Lipinski definition) is 3. The van der Waals surface area contributed by atoms with Gasteiger partial charge in [0.15, 0.2) is 0 Å². The molecule has 0 aliphatic rings. The zero-order valence-corrected chi connectivity index (χ0v) is 10.9. The van der Waals surface area contributed by atoms with Gasteiger partial charge in [0.25, 0.3) is 5.91 Å². The van der Waals surface area contributed by atoms with Crippen molar-refractivity contribution in [2.45, 2.75) is 13.0 Å². The minimum absolute atomic E-state index is 0.0155. The molecule has 5 heteroatoms. The van der Waals surface area contributed by atoms with Crippen LogP contribution in [0.1, 0.15) is 39.4 Å². The van der Waals surface area contributed by atoms with E-state index >= 15 is 0 Å².